The Kier molecular flexibility index (Phi) is 12.2. The Labute approximate surface area is 108 Å². The van der Waals surface area contributed by atoms with Gasteiger partial charge in [0.05, 0.1) is 13.2 Å². The Morgan fingerprint density at radius 3 is 1.33 bits per heavy atom. The summed E-state index contributed by atoms with van der Waals surface area (Å²) in [5, 5.41) is 23.3. The molecule has 0 unspecified atom stereocenters. The molecule has 8 nitrogen and oxygen atoms in total. The Morgan fingerprint density at radius 2 is 1.28 bits per heavy atom. The van der Waals surface area contributed by atoms with Gasteiger partial charge in [-0.05, 0) is 0 Å². The van der Waals surface area contributed by atoms with Crippen molar-refractivity contribution in [3.8, 4) is 0 Å². The first-order chi connectivity index (χ1) is 8.12. The molecule has 0 aromatic carbocycles. The van der Waals surface area contributed by atoms with E-state index in [2.05, 4.69) is 16.1 Å². The molecule has 1 heterocycles. The van der Waals surface area contributed by atoms with Crippen molar-refractivity contribution in [3.05, 3.63) is 0 Å². The van der Waals surface area contributed by atoms with E-state index < -0.39 is 7.75 Å². The molecule has 1 saturated heterocycles. The van der Waals surface area contributed by atoms with Crippen LogP contribution in [0.5, 0.6) is 0 Å². The van der Waals surface area contributed by atoms with Crippen molar-refractivity contribution < 1.29 is 24.6 Å². The van der Waals surface area contributed by atoms with Gasteiger partial charge in [-0.1, -0.05) is 13.8 Å². The first-order valence-electron chi connectivity index (χ1n) is 5.59. The summed E-state index contributed by atoms with van der Waals surface area (Å²) < 4.78 is 9.10. The molecule has 9 heteroatoms. The fraction of sp³-hybridized carbons (Fsp3) is 1.00. The van der Waals surface area contributed by atoms with Gasteiger partial charge in [-0.2, -0.15) is 0 Å². The van der Waals surface area contributed by atoms with Crippen LogP contribution in [0.2, 0.25) is 0 Å². The third-order valence-electron chi connectivity index (χ3n) is 1.81. The lowest BCUT2D eigenvalue weighted by Gasteiger charge is -2.16. The fourth-order valence-corrected chi connectivity index (χ4v) is 0.654. The van der Waals surface area contributed by atoms with Crippen LogP contribution in [0.15, 0.2) is 0 Å². The minimum Gasteiger partial charge on any atom is -0.396 e. The molecule has 0 aromatic rings. The second kappa shape index (κ2) is 10.8. The zero-order valence-corrected chi connectivity index (χ0v) is 11.9. The summed E-state index contributed by atoms with van der Waals surface area (Å²) in [6.45, 7) is 8.24. The molecule has 0 radical (unpaired) electrons. The number of aliphatic hydroxyl groups excluding tert-OH is 2. The van der Waals surface area contributed by atoms with Crippen molar-refractivity contribution in [1.29, 1.82) is 0 Å². The average Bonchev–Trinajstić information content (AvgIpc) is 2.30. The predicted molar refractivity (Wildman–Crippen MR) is 69.9 cm³/mol. The van der Waals surface area contributed by atoms with E-state index in [9.17, 15) is 0 Å². The maximum Gasteiger partial charge on any atom is 0.397 e. The molecule has 1 aliphatic rings. The van der Waals surface area contributed by atoms with Gasteiger partial charge < -0.3 is 30.6 Å². The lowest BCUT2D eigenvalue weighted by Crippen LogP contribution is -2.39. The molecule has 1 rings (SSSR count). The lowest BCUT2D eigenvalue weighted by atomic mass is 9.97. The summed E-state index contributed by atoms with van der Waals surface area (Å²) in [4.78, 5) is 14.8. The number of aliphatic hydroxyl groups is 2. The van der Waals surface area contributed by atoms with Gasteiger partial charge in [0.25, 0.3) is 0 Å². The van der Waals surface area contributed by atoms with Crippen LogP contribution in [0, 0.1) is 5.41 Å². The van der Waals surface area contributed by atoms with Gasteiger partial charge in [-0.25, -0.2) is 10.1 Å². The highest BCUT2D eigenvalue weighted by Crippen LogP contribution is 2.20. The highest BCUT2D eigenvalue weighted by molar-refractivity contribution is 7.49. The maximum atomic E-state index is 9.10. The molecular formula is C9H26N3O5P. The third kappa shape index (κ3) is 25.0. The van der Waals surface area contributed by atoms with Crippen LogP contribution >= 0.6 is 7.75 Å². The topological polar surface area (TPSA) is 148 Å². The molecule has 1 fully saturated rings. The molecule has 0 aromatic heterocycles. The molecule has 18 heavy (non-hydrogen) atoms. The fourth-order valence-electron chi connectivity index (χ4n) is 0.654. The van der Waals surface area contributed by atoms with E-state index in [1.165, 1.54) is 0 Å². The van der Waals surface area contributed by atoms with Crippen LogP contribution < -0.4 is 16.1 Å². The van der Waals surface area contributed by atoms with Crippen molar-refractivity contribution in [2.75, 3.05) is 39.4 Å². The van der Waals surface area contributed by atoms with Gasteiger partial charge in [0, 0.05) is 31.6 Å². The number of hydrogen-bond acceptors (Lipinski definition) is 5. The monoisotopic (exact) mass is 287 g/mol. The van der Waals surface area contributed by atoms with Gasteiger partial charge in [0.1, 0.15) is 0 Å². The maximum absolute atomic E-state index is 9.10. The molecule has 112 valence electrons. The highest BCUT2D eigenvalue weighted by atomic mass is 31.2. The summed E-state index contributed by atoms with van der Waals surface area (Å²) in [5.74, 6) is 0. The van der Waals surface area contributed by atoms with E-state index in [0.717, 1.165) is 26.2 Å². The lowest BCUT2D eigenvalue weighted by molar-refractivity contribution is 0.0857. The van der Waals surface area contributed by atoms with E-state index in [1.807, 2.05) is 0 Å². The SMILES string of the molecule is C1CNCCN1.CC(C)(CO)CO.NP(=O)(O)O. The summed E-state index contributed by atoms with van der Waals surface area (Å²) in [6, 6.07) is 0. The molecule has 0 saturated carbocycles. The van der Waals surface area contributed by atoms with E-state index in [-0.39, 0.29) is 18.6 Å². The molecule has 8 N–H and O–H groups in total. The molecule has 0 amide bonds. The molecule has 0 atom stereocenters. The Balaban J connectivity index is 0. The van der Waals surface area contributed by atoms with Crippen LogP contribution in [0.3, 0.4) is 0 Å². The van der Waals surface area contributed by atoms with Gasteiger partial charge in [-0.15, -0.1) is 0 Å². The predicted octanol–water partition coefficient (Wildman–Crippen LogP) is -1.79. The molecular weight excluding hydrogens is 261 g/mol. The Morgan fingerprint density at radius 1 is 1.06 bits per heavy atom. The molecule has 1 aliphatic heterocycles. The Bertz CT molecular complexity index is 204. The smallest absolute Gasteiger partial charge is 0.396 e. The minimum absolute atomic E-state index is 0.0451. The second-order valence-corrected chi connectivity index (χ2v) is 5.75. The summed E-state index contributed by atoms with van der Waals surface area (Å²) in [5.41, 5.74) is 3.72. The second-order valence-electron chi connectivity index (χ2n) is 4.57. The van der Waals surface area contributed by atoms with Crippen LogP contribution in [-0.2, 0) is 4.57 Å². The van der Waals surface area contributed by atoms with Crippen molar-refractivity contribution >= 4 is 7.75 Å². The zero-order valence-electron chi connectivity index (χ0n) is 11.0. The Hall–Kier alpha value is -0.0500. The van der Waals surface area contributed by atoms with Crippen LogP contribution in [-0.4, -0.2) is 59.4 Å². The number of nitrogens with one attached hydrogen (secondary N) is 2. The first-order valence-corrected chi connectivity index (χ1v) is 7.28. The van der Waals surface area contributed by atoms with Gasteiger partial charge in [-0.3, -0.25) is 0 Å². The van der Waals surface area contributed by atoms with Gasteiger partial charge in [0.2, 0.25) is 0 Å². The third-order valence-corrected chi connectivity index (χ3v) is 1.81. The summed E-state index contributed by atoms with van der Waals surface area (Å²) in [6.07, 6.45) is 0. The van der Waals surface area contributed by atoms with E-state index in [4.69, 9.17) is 24.6 Å². The minimum atomic E-state index is -4.14. The van der Waals surface area contributed by atoms with Crippen LogP contribution in [0.4, 0.5) is 0 Å². The average molecular weight is 287 g/mol. The largest absolute Gasteiger partial charge is 0.397 e. The van der Waals surface area contributed by atoms with Gasteiger partial charge in [0.15, 0.2) is 0 Å². The van der Waals surface area contributed by atoms with Crippen molar-refractivity contribution in [2.24, 2.45) is 10.9 Å². The normalized spacial score (nSPS) is 15.9. The van der Waals surface area contributed by atoms with Crippen molar-refractivity contribution in [2.45, 2.75) is 13.8 Å². The van der Waals surface area contributed by atoms with E-state index >= 15 is 0 Å². The van der Waals surface area contributed by atoms with Crippen LogP contribution in [0.1, 0.15) is 13.8 Å². The number of nitrogens with two attached hydrogens (primary N) is 1. The number of hydrogen-bond donors (Lipinski definition) is 7. The highest BCUT2D eigenvalue weighted by Gasteiger charge is 2.13. The van der Waals surface area contributed by atoms with E-state index in [0.29, 0.717) is 0 Å². The zero-order chi connectivity index (χ0) is 14.7. The number of piperazine rings is 1. The van der Waals surface area contributed by atoms with Crippen molar-refractivity contribution in [3.63, 3.8) is 0 Å². The first kappa shape index (κ1) is 20.3. The van der Waals surface area contributed by atoms with Crippen molar-refractivity contribution in [1.82, 2.24) is 10.6 Å². The standard InChI is InChI=1S/C5H12O2.C4H10N2.H4NO3P/c1-5(2,3-6)4-7;1-2-6-4-3-5-1;1-5(2,3)4/h6-7H,3-4H2,1-2H3;5-6H,1-4H2;(H4,1,2,3,4). The summed E-state index contributed by atoms with van der Waals surface area (Å²) in [7, 11) is -4.14. The van der Waals surface area contributed by atoms with Crippen LogP contribution in [0.25, 0.3) is 0 Å². The molecule has 0 spiro atoms. The molecule has 0 aliphatic carbocycles. The summed E-state index contributed by atoms with van der Waals surface area (Å²) >= 11 is 0. The molecule has 0 bridgehead atoms. The number of rotatable bonds is 2. The quantitative estimate of drug-likeness (QED) is 0.295. The van der Waals surface area contributed by atoms with E-state index in [1.54, 1.807) is 13.8 Å². The van der Waals surface area contributed by atoms with Gasteiger partial charge >= 0.3 is 7.75 Å².